The Morgan fingerprint density at radius 3 is 2.79 bits per heavy atom. The van der Waals surface area contributed by atoms with E-state index in [0.717, 1.165) is 10.7 Å². The molecule has 1 aromatic heterocycles. The molecule has 0 fully saturated rings. The number of aryl methyl sites for hydroxylation is 1. The van der Waals surface area contributed by atoms with Crippen LogP contribution < -0.4 is 5.32 Å². The molecule has 0 bridgehead atoms. The summed E-state index contributed by atoms with van der Waals surface area (Å²) in [6.07, 6.45) is 1.61. The average molecular weight is 275 g/mol. The van der Waals surface area contributed by atoms with Crippen LogP contribution in [0.2, 0.25) is 0 Å². The molecule has 19 heavy (non-hydrogen) atoms. The Labute approximate surface area is 117 Å². The fourth-order valence-electron chi connectivity index (χ4n) is 1.75. The zero-order chi connectivity index (χ0) is 13.7. The molecule has 4 heteroatoms. The summed E-state index contributed by atoms with van der Waals surface area (Å²) < 4.78 is 5.26. The second-order valence-corrected chi connectivity index (χ2v) is 5.38. The molecule has 0 saturated carbocycles. The Balaban J connectivity index is 1.84. The van der Waals surface area contributed by atoms with Gasteiger partial charge in [-0.05, 0) is 37.6 Å². The number of benzene rings is 1. The highest BCUT2D eigenvalue weighted by atomic mass is 32.2. The molecule has 100 valence electrons. The first-order valence-corrected chi connectivity index (χ1v) is 7.16. The molecule has 0 aliphatic rings. The van der Waals surface area contributed by atoms with E-state index < -0.39 is 0 Å². The Hall–Kier alpha value is -1.68. The summed E-state index contributed by atoms with van der Waals surface area (Å²) in [5, 5.41) is 2.92. The van der Waals surface area contributed by atoms with E-state index in [-0.39, 0.29) is 11.9 Å². The predicted molar refractivity (Wildman–Crippen MR) is 77.2 cm³/mol. The molecule has 0 aliphatic carbocycles. The molecule has 1 unspecified atom stereocenters. The van der Waals surface area contributed by atoms with Crippen LogP contribution in [0.3, 0.4) is 0 Å². The fraction of sp³-hybridized carbons (Fsp3) is 0.267. The highest BCUT2D eigenvalue weighted by Gasteiger charge is 2.12. The number of carbonyl (C=O) groups excluding carboxylic acids is 1. The number of nitrogens with one attached hydrogen (secondary N) is 1. The summed E-state index contributed by atoms with van der Waals surface area (Å²) in [5.41, 5.74) is 1.19. The maximum Gasteiger partial charge on any atom is 0.230 e. The molecule has 1 atom stereocenters. The largest absolute Gasteiger partial charge is 0.467 e. The van der Waals surface area contributed by atoms with Crippen molar-refractivity contribution in [2.75, 3.05) is 5.75 Å². The lowest BCUT2D eigenvalue weighted by Crippen LogP contribution is -2.27. The van der Waals surface area contributed by atoms with E-state index in [1.165, 1.54) is 5.56 Å². The Bertz CT molecular complexity index is 537. The molecule has 0 radical (unpaired) electrons. The monoisotopic (exact) mass is 275 g/mol. The van der Waals surface area contributed by atoms with Crippen LogP contribution in [0.15, 0.2) is 52.0 Å². The maximum atomic E-state index is 11.9. The van der Waals surface area contributed by atoms with E-state index in [1.807, 2.05) is 50.2 Å². The van der Waals surface area contributed by atoms with Crippen LogP contribution in [0.1, 0.15) is 24.3 Å². The topological polar surface area (TPSA) is 42.2 Å². The van der Waals surface area contributed by atoms with Crippen LogP contribution in [-0.4, -0.2) is 11.7 Å². The van der Waals surface area contributed by atoms with Crippen molar-refractivity contribution in [1.82, 2.24) is 5.32 Å². The van der Waals surface area contributed by atoms with Crippen molar-refractivity contribution in [3.63, 3.8) is 0 Å². The van der Waals surface area contributed by atoms with Crippen molar-refractivity contribution in [2.45, 2.75) is 24.8 Å². The fourth-order valence-corrected chi connectivity index (χ4v) is 2.59. The average Bonchev–Trinajstić information content (AvgIpc) is 2.91. The third-order valence-electron chi connectivity index (χ3n) is 2.80. The lowest BCUT2D eigenvalue weighted by Gasteiger charge is -2.11. The minimum absolute atomic E-state index is 0.0113. The second-order valence-electron chi connectivity index (χ2n) is 4.36. The van der Waals surface area contributed by atoms with Crippen LogP contribution in [0.4, 0.5) is 0 Å². The van der Waals surface area contributed by atoms with Crippen molar-refractivity contribution in [2.24, 2.45) is 0 Å². The van der Waals surface area contributed by atoms with E-state index in [1.54, 1.807) is 18.0 Å². The lowest BCUT2D eigenvalue weighted by molar-refractivity contribution is -0.119. The summed E-state index contributed by atoms with van der Waals surface area (Å²) in [5.74, 6) is 1.20. The lowest BCUT2D eigenvalue weighted by atomic mass is 10.2. The van der Waals surface area contributed by atoms with Gasteiger partial charge in [-0.1, -0.05) is 18.2 Å². The van der Waals surface area contributed by atoms with Crippen LogP contribution in [0.25, 0.3) is 0 Å². The van der Waals surface area contributed by atoms with Crippen molar-refractivity contribution in [3.05, 3.63) is 54.0 Å². The van der Waals surface area contributed by atoms with Gasteiger partial charge in [0.15, 0.2) is 0 Å². The van der Waals surface area contributed by atoms with Gasteiger partial charge in [-0.3, -0.25) is 4.79 Å². The molecule has 1 heterocycles. The molecule has 0 saturated heterocycles. The summed E-state index contributed by atoms with van der Waals surface area (Å²) in [4.78, 5) is 13.0. The zero-order valence-corrected chi connectivity index (χ0v) is 11.9. The van der Waals surface area contributed by atoms with Gasteiger partial charge in [-0.15, -0.1) is 11.8 Å². The number of rotatable bonds is 5. The molecule has 2 aromatic rings. The quantitative estimate of drug-likeness (QED) is 0.848. The zero-order valence-electron chi connectivity index (χ0n) is 11.1. The number of hydrogen-bond acceptors (Lipinski definition) is 3. The van der Waals surface area contributed by atoms with Crippen molar-refractivity contribution in [1.29, 1.82) is 0 Å². The van der Waals surface area contributed by atoms with Gasteiger partial charge in [0, 0.05) is 4.90 Å². The minimum atomic E-state index is -0.0972. The second kappa shape index (κ2) is 6.48. The highest BCUT2D eigenvalue weighted by Crippen LogP contribution is 2.21. The van der Waals surface area contributed by atoms with Gasteiger partial charge >= 0.3 is 0 Å². The first-order valence-electron chi connectivity index (χ1n) is 6.18. The first-order chi connectivity index (χ1) is 9.16. The van der Waals surface area contributed by atoms with Gasteiger partial charge < -0.3 is 9.73 Å². The molecule has 1 N–H and O–H groups in total. The summed E-state index contributed by atoms with van der Waals surface area (Å²) in [6.45, 7) is 3.96. The van der Waals surface area contributed by atoms with E-state index in [9.17, 15) is 4.79 Å². The van der Waals surface area contributed by atoms with E-state index in [2.05, 4.69) is 5.32 Å². The highest BCUT2D eigenvalue weighted by molar-refractivity contribution is 8.00. The van der Waals surface area contributed by atoms with Gasteiger partial charge in [0.1, 0.15) is 5.76 Å². The number of thioether (sulfide) groups is 1. The van der Waals surface area contributed by atoms with E-state index in [4.69, 9.17) is 4.42 Å². The van der Waals surface area contributed by atoms with Crippen LogP contribution in [0, 0.1) is 6.92 Å². The molecule has 0 aliphatic heterocycles. The Morgan fingerprint density at radius 1 is 1.32 bits per heavy atom. The summed E-state index contributed by atoms with van der Waals surface area (Å²) in [6, 6.07) is 11.6. The molecule has 3 nitrogen and oxygen atoms in total. The van der Waals surface area contributed by atoms with Gasteiger partial charge in [0.05, 0.1) is 18.1 Å². The number of furan rings is 1. The maximum absolute atomic E-state index is 11.9. The van der Waals surface area contributed by atoms with Crippen molar-refractivity contribution in [3.8, 4) is 0 Å². The molecule has 0 spiro atoms. The van der Waals surface area contributed by atoms with E-state index in [0.29, 0.717) is 5.75 Å². The predicted octanol–water partition coefficient (Wildman–Crippen LogP) is 3.56. The number of hydrogen-bond donors (Lipinski definition) is 1. The van der Waals surface area contributed by atoms with Gasteiger partial charge in [-0.25, -0.2) is 0 Å². The molecular formula is C15H17NO2S. The van der Waals surface area contributed by atoms with Crippen LogP contribution in [-0.2, 0) is 4.79 Å². The Morgan fingerprint density at radius 2 is 2.11 bits per heavy atom. The summed E-state index contributed by atoms with van der Waals surface area (Å²) >= 11 is 1.55. The minimum Gasteiger partial charge on any atom is -0.467 e. The van der Waals surface area contributed by atoms with Crippen LogP contribution >= 0.6 is 11.8 Å². The molecular weight excluding hydrogens is 258 g/mol. The smallest absolute Gasteiger partial charge is 0.230 e. The molecule has 1 aromatic carbocycles. The Kier molecular flexibility index (Phi) is 4.68. The van der Waals surface area contributed by atoms with Gasteiger partial charge in [0.2, 0.25) is 5.91 Å². The first kappa shape index (κ1) is 13.7. The summed E-state index contributed by atoms with van der Waals surface area (Å²) in [7, 11) is 0. The van der Waals surface area contributed by atoms with Crippen molar-refractivity contribution >= 4 is 17.7 Å². The number of carbonyl (C=O) groups is 1. The molecule has 2 rings (SSSR count). The number of amides is 1. The van der Waals surface area contributed by atoms with E-state index >= 15 is 0 Å². The van der Waals surface area contributed by atoms with Gasteiger partial charge in [0.25, 0.3) is 0 Å². The van der Waals surface area contributed by atoms with Crippen molar-refractivity contribution < 1.29 is 9.21 Å². The standard InChI is InChI=1S/C15H17NO2S/c1-11-6-3-4-8-14(11)19-10-15(17)16-12(2)13-7-5-9-18-13/h3-9,12H,10H2,1-2H3,(H,16,17). The SMILES string of the molecule is Cc1ccccc1SCC(=O)NC(C)c1ccco1. The normalized spacial score (nSPS) is 12.1. The molecule has 1 amide bonds. The van der Waals surface area contributed by atoms with Gasteiger partial charge in [-0.2, -0.15) is 0 Å². The third kappa shape index (κ3) is 3.89. The van der Waals surface area contributed by atoms with Crippen LogP contribution in [0.5, 0.6) is 0 Å². The third-order valence-corrected chi connectivity index (χ3v) is 3.98.